The van der Waals surface area contributed by atoms with Crippen molar-refractivity contribution in [3.8, 4) is 0 Å². The van der Waals surface area contributed by atoms with Crippen molar-refractivity contribution >= 4 is 70.5 Å². The van der Waals surface area contributed by atoms with E-state index in [9.17, 15) is 0 Å². The maximum atomic E-state index is 3.80. The molecule has 2 aromatic heterocycles. The van der Waals surface area contributed by atoms with Crippen LogP contribution in [0.5, 0.6) is 0 Å². The average Bonchev–Trinajstić information content (AvgIpc) is 2.83. The Bertz CT molecular complexity index is 487. The van der Waals surface area contributed by atoms with Crippen molar-refractivity contribution in [2.75, 3.05) is 0 Å². The van der Waals surface area contributed by atoms with E-state index in [0.29, 0.717) is 4.83 Å². The van der Waals surface area contributed by atoms with Crippen LogP contribution >= 0.6 is 70.5 Å². The maximum absolute atomic E-state index is 3.80. The molecule has 0 amide bonds. The van der Waals surface area contributed by atoms with Crippen LogP contribution in [-0.2, 0) is 6.42 Å². The zero-order valence-corrected chi connectivity index (χ0v) is 14.9. The van der Waals surface area contributed by atoms with Gasteiger partial charge in [0.05, 0.1) is 12.4 Å². The van der Waals surface area contributed by atoms with Gasteiger partial charge in [0.15, 0.2) is 0 Å². The van der Waals surface area contributed by atoms with E-state index in [0.717, 1.165) is 10.2 Å². The van der Waals surface area contributed by atoms with Crippen LogP contribution in [0.3, 0.4) is 0 Å². The number of hydrogen-bond acceptors (Lipinski definition) is 2. The molecule has 0 aromatic carbocycles. The van der Waals surface area contributed by atoms with Crippen LogP contribution < -0.4 is 0 Å². The van der Waals surface area contributed by atoms with E-state index in [-0.39, 0.29) is 0 Å². The first kappa shape index (κ1) is 13.3. The number of aryl methyl sites for hydroxylation is 1. The maximum Gasteiger partial charge on any atom is 0.0760 e. The summed E-state index contributed by atoms with van der Waals surface area (Å²) in [5, 5.41) is 2.16. The summed E-state index contributed by atoms with van der Waals surface area (Å²) in [5.74, 6) is 0. The molecule has 5 heteroatoms. The standard InChI is InChI=1S/C11H9Br3S2/c1-2-6-3-4-15-10(6)9(13)7-5-8(12)16-11(7)14/h3-5,9H,2H2,1H3. The first-order chi connectivity index (χ1) is 7.63. The Morgan fingerprint density at radius 3 is 2.69 bits per heavy atom. The molecule has 0 fully saturated rings. The third-order valence-corrected chi connectivity index (χ3v) is 7.01. The van der Waals surface area contributed by atoms with E-state index in [4.69, 9.17) is 0 Å². The topological polar surface area (TPSA) is 0 Å². The zero-order chi connectivity index (χ0) is 11.7. The minimum Gasteiger partial charge on any atom is -0.147 e. The minimum atomic E-state index is 0.291. The normalized spacial score (nSPS) is 13.0. The smallest absolute Gasteiger partial charge is 0.0760 e. The second kappa shape index (κ2) is 5.65. The van der Waals surface area contributed by atoms with Crippen LogP contribution in [0.4, 0.5) is 0 Å². The fourth-order valence-electron chi connectivity index (χ4n) is 1.53. The predicted octanol–water partition coefficient (Wildman–Crippen LogP) is 6.38. The molecule has 0 aliphatic carbocycles. The molecule has 86 valence electrons. The largest absolute Gasteiger partial charge is 0.147 e. The number of halogens is 3. The molecule has 0 saturated carbocycles. The van der Waals surface area contributed by atoms with E-state index < -0.39 is 0 Å². The molecule has 1 unspecified atom stereocenters. The van der Waals surface area contributed by atoms with Gasteiger partial charge >= 0.3 is 0 Å². The monoisotopic (exact) mass is 442 g/mol. The van der Waals surface area contributed by atoms with Crippen molar-refractivity contribution < 1.29 is 0 Å². The molecular weight excluding hydrogens is 436 g/mol. The van der Waals surface area contributed by atoms with E-state index in [1.165, 1.54) is 19.8 Å². The molecule has 0 bridgehead atoms. The highest BCUT2D eigenvalue weighted by molar-refractivity contribution is 9.12. The quantitative estimate of drug-likeness (QED) is 0.482. The summed E-state index contributed by atoms with van der Waals surface area (Å²) in [6, 6.07) is 4.39. The Morgan fingerprint density at radius 2 is 2.12 bits per heavy atom. The van der Waals surface area contributed by atoms with Gasteiger partial charge in [-0.2, -0.15) is 0 Å². The molecule has 0 N–H and O–H groups in total. The number of thiophene rings is 2. The third-order valence-electron chi connectivity index (χ3n) is 2.35. The molecule has 0 spiro atoms. The fraction of sp³-hybridized carbons (Fsp3) is 0.273. The molecule has 16 heavy (non-hydrogen) atoms. The second-order valence-electron chi connectivity index (χ2n) is 3.31. The van der Waals surface area contributed by atoms with Gasteiger partial charge in [-0.1, -0.05) is 22.9 Å². The molecule has 2 aromatic rings. The van der Waals surface area contributed by atoms with E-state index in [1.807, 2.05) is 11.3 Å². The van der Waals surface area contributed by atoms with Crippen LogP contribution in [0.25, 0.3) is 0 Å². The van der Waals surface area contributed by atoms with Gasteiger partial charge in [-0.05, 0) is 66.9 Å². The van der Waals surface area contributed by atoms with Crippen LogP contribution in [0.2, 0.25) is 0 Å². The lowest BCUT2D eigenvalue weighted by molar-refractivity contribution is 1.09. The van der Waals surface area contributed by atoms with Crippen molar-refractivity contribution in [1.29, 1.82) is 0 Å². The molecule has 2 rings (SSSR count). The van der Waals surface area contributed by atoms with Crippen LogP contribution in [-0.4, -0.2) is 0 Å². The van der Waals surface area contributed by atoms with Crippen molar-refractivity contribution in [3.05, 3.63) is 41.1 Å². The van der Waals surface area contributed by atoms with Gasteiger partial charge in [-0.3, -0.25) is 0 Å². The zero-order valence-electron chi connectivity index (χ0n) is 8.47. The van der Waals surface area contributed by atoms with Gasteiger partial charge < -0.3 is 0 Å². The molecule has 0 aliphatic heterocycles. The van der Waals surface area contributed by atoms with Gasteiger partial charge in [0.2, 0.25) is 0 Å². The highest BCUT2D eigenvalue weighted by Crippen LogP contribution is 2.44. The SMILES string of the molecule is CCc1ccsc1C(Br)c1cc(Br)sc1Br. The highest BCUT2D eigenvalue weighted by atomic mass is 79.9. The number of hydrogen-bond donors (Lipinski definition) is 0. The van der Waals surface area contributed by atoms with E-state index in [2.05, 4.69) is 72.2 Å². The predicted molar refractivity (Wildman–Crippen MR) is 84.2 cm³/mol. The Balaban J connectivity index is 2.38. The van der Waals surface area contributed by atoms with Gasteiger partial charge in [-0.15, -0.1) is 22.7 Å². The van der Waals surface area contributed by atoms with Crippen LogP contribution in [0.15, 0.2) is 25.1 Å². The Morgan fingerprint density at radius 1 is 1.38 bits per heavy atom. The van der Waals surface area contributed by atoms with Gasteiger partial charge in [0.1, 0.15) is 0 Å². The highest BCUT2D eigenvalue weighted by Gasteiger charge is 2.19. The Kier molecular flexibility index (Phi) is 4.69. The molecule has 0 nitrogen and oxygen atoms in total. The Labute approximate surface area is 128 Å². The summed E-state index contributed by atoms with van der Waals surface area (Å²) < 4.78 is 2.35. The molecule has 0 saturated heterocycles. The van der Waals surface area contributed by atoms with Crippen molar-refractivity contribution in [2.45, 2.75) is 18.2 Å². The van der Waals surface area contributed by atoms with Crippen molar-refractivity contribution in [3.63, 3.8) is 0 Å². The lowest BCUT2D eigenvalue weighted by Crippen LogP contribution is -1.92. The summed E-state index contributed by atoms with van der Waals surface area (Å²) in [4.78, 5) is 1.70. The lowest BCUT2D eigenvalue weighted by Gasteiger charge is -2.09. The molecular formula is C11H9Br3S2. The summed E-state index contributed by atoms with van der Waals surface area (Å²) >= 11 is 14.5. The summed E-state index contributed by atoms with van der Waals surface area (Å²) in [5.41, 5.74) is 2.73. The fourth-order valence-corrected chi connectivity index (χ4v) is 6.86. The number of alkyl halides is 1. The molecule has 2 heterocycles. The summed E-state index contributed by atoms with van der Waals surface area (Å²) in [7, 11) is 0. The lowest BCUT2D eigenvalue weighted by atomic mass is 10.1. The summed E-state index contributed by atoms with van der Waals surface area (Å²) in [6.07, 6.45) is 1.09. The van der Waals surface area contributed by atoms with E-state index in [1.54, 1.807) is 11.3 Å². The van der Waals surface area contributed by atoms with Crippen LogP contribution in [0.1, 0.15) is 27.8 Å². The minimum absolute atomic E-state index is 0.291. The van der Waals surface area contributed by atoms with Gasteiger partial charge in [-0.25, -0.2) is 0 Å². The molecule has 1 atom stereocenters. The summed E-state index contributed by atoms with van der Waals surface area (Å²) in [6.45, 7) is 2.20. The van der Waals surface area contributed by atoms with Crippen molar-refractivity contribution in [2.24, 2.45) is 0 Å². The van der Waals surface area contributed by atoms with E-state index >= 15 is 0 Å². The average molecular weight is 445 g/mol. The molecule has 0 radical (unpaired) electrons. The molecule has 0 aliphatic rings. The first-order valence-corrected chi connectivity index (χ1v) is 8.98. The Hall–Kier alpha value is 0.840. The third kappa shape index (κ3) is 2.64. The second-order valence-corrected chi connectivity index (χ2v) is 8.92. The van der Waals surface area contributed by atoms with Gasteiger partial charge in [0, 0.05) is 4.88 Å². The van der Waals surface area contributed by atoms with Crippen molar-refractivity contribution in [1.82, 2.24) is 0 Å². The number of rotatable bonds is 3. The van der Waals surface area contributed by atoms with Crippen LogP contribution in [0, 0.1) is 0 Å². The first-order valence-electron chi connectivity index (χ1n) is 4.78. The van der Waals surface area contributed by atoms with Gasteiger partial charge in [0.25, 0.3) is 0 Å².